The van der Waals surface area contributed by atoms with Crippen molar-refractivity contribution in [1.29, 1.82) is 0 Å². The highest BCUT2D eigenvalue weighted by Crippen LogP contribution is 2.40. The van der Waals surface area contributed by atoms with Crippen LogP contribution in [0.1, 0.15) is 75.2 Å². The molecule has 2 N–H and O–H groups in total. The van der Waals surface area contributed by atoms with E-state index in [9.17, 15) is 4.79 Å². The molecule has 6 rings (SSSR count). The van der Waals surface area contributed by atoms with Crippen molar-refractivity contribution in [3.63, 3.8) is 0 Å². The first-order valence-corrected chi connectivity index (χ1v) is 13.1. The average Bonchev–Trinajstić information content (AvgIpc) is 3.63. The third kappa shape index (κ3) is 4.46. The molecule has 3 aliphatic carbocycles. The third-order valence-corrected chi connectivity index (χ3v) is 7.87. The first-order chi connectivity index (χ1) is 17.1. The van der Waals surface area contributed by atoms with Crippen molar-refractivity contribution in [1.82, 2.24) is 25.1 Å². The molecule has 8 heteroatoms. The minimum absolute atomic E-state index is 0.256. The number of carbonyl (C=O) groups excluding carboxylic acids is 1. The smallest absolute Gasteiger partial charge is 0.223 e. The summed E-state index contributed by atoms with van der Waals surface area (Å²) in [6, 6.07) is 8.55. The quantitative estimate of drug-likeness (QED) is 0.518. The fourth-order valence-electron chi connectivity index (χ4n) is 5.30. The molecule has 0 bridgehead atoms. The predicted octanol–water partition coefficient (Wildman–Crippen LogP) is 4.65. The van der Waals surface area contributed by atoms with E-state index in [2.05, 4.69) is 10.6 Å². The molecule has 35 heavy (non-hydrogen) atoms. The number of aromatic nitrogens is 4. The average molecular weight is 475 g/mol. The lowest BCUT2D eigenvalue weighted by molar-refractivity contribution is -0.128. The fourth-order valence-corrected chi connectivity index (χ4v) is 5.30. The van der Waals surface area contributed by atoms with Crippen molar-refractivity contribution in [2.75, 3.05) is 12.4 Å². The molecular weight excluding hydrogens is 440 g/mol. The Morgan fingerprint density at radius 2 is 1.69 bits per heavy atom. The van der Waals surface area contributed by atoms with Crippen molar-refractivity contribution in [2.24, 2.45) is 5.92 Å². The SMILES string of the molecule is COc1ccc(-n2nc(C)c3c(NC4CCC(NC(=O)C5CCC5)CC4)nc(C4CC4)nc32)cc1. The van der Waals surface area contributed by atoms with E-state index in [0.717, 1.165) is 91.2 Å². The van der Waals surface area contributed by atoms with Gasteiger partial charge in [0.15, 0.2) is 5.65 Å². The highest BCUT2D eigenvalue weighted by molar-refractivity contribution is 5.90. The van der Waals surface area contributed by atoms with Gasteiger partial charge in [-0.3, -0.25) is 4.79 Å². The van der Waals surface area contributed by atoms with Gasteiger partial charge in [0.25, 0.3) is 0 Å². The molecule has 3 aliphatic rings. The number of ether oxygens (including phenoxy) is 1. The topological polar surface area (TPSA) is 94.0 Å². The number of amides is 1. The Morgan fingerprint density at radius 3 is 2.31 bits per heavy atom. The number of benzene rings is 1. The second-order valence-corrected chi connectivity index (χ2v) is 10.4. The van der Waals surface area contributed by atoms with Crippen LogP contribution in [0.4, 0.5) is 5.82 Å². The van der Waals surface area contributed by atoms with Gasteiger partial charge >= 0.3 is 0 Å². The fraction of sp³-hybridized carbons (Fsp3) is 0.556. The maximum atomic E-state index is 12.4. The van der Waals surface area contributed by atoms with Crippen molar-refractivity contribution < 1.29 is 9.53 Å². The number of carbonyl (C=O) groups is 1. The van der Waals surface area contributed by atoms with Crippen molar-refractivity contribution in [3.05, 3.63) is 35.8 Å². The molecule has 184 valence electrons. The number of aryl methyl sites for hydroxylation is 1. The van der Waals surface area contributed by atoms with E-state index in [-0.39, 0.29) is 11.8 Å². The van der Waals surface area contributed by atoms with Crippen molar-refractivity contribution in [3.8, 4) is 11.4 Å². The number of hydrogen-bond donors (Lipinski definition) is 2. The molecule has 0 unspecified atom stereocenters. The number of rotatable bonds is 7. The zero-order chi connectivity index (χ0) is 23.9. The van der Waals surface area contributed by atoms with Gasteiger partial charge in [-0.1, -0.05) is 6.42 Å². The van der Waals surface area contributed by atoms with Crippen LogP contribution >= 0.6 is 0 Å². The van der Waals surface area contributed by atoms with Gasteiger partial charge in [0, 0.05) is 23.9 Å². The van der Waals surface area contributed by atoms with Crippen LogP contribution in [0.3, 0.4) is 0 Å². The van der Waals surface area contributed by atoms with Gasteiger partial charge in [0.1, 0.15) is 17.4 Å². The monoisotopic (exact) mass is 474 g/mol. The first kappa shape index (κ1) is 22.3. The molecule has 0 radical (unpaired) electrons. The predicted molar refractivity (Wildman–Crippen MR) is 135 cm³/mol. The van der Waals surface area contributed by atoms with Gasteiger partial charge in [0.2, 0.25) is 5.91 Å². The molecule has 0 spiro atoms. The van der Waals surface area contributed by atoms with Gasteiger partial charge in [-0.25, -0.2) is 14.6 Å². The summed E-state index contributed by atoms with van der Waals surface area (Å²) in [7, 11) is 1.67. The van der Waals surface area contributed by atoms with Crippen LogP contribution in [0.15, 0.2) is 24.3 Å². The molecule has 0 saturated heterocycles. The van der Waals surface area contributed by atoms with Crippen LogP contribution in [-0.2, 0) is 4.79 Å². The van der Waals surface area contributed by atoms with E-state index in [1.807, 2.05) is 35.9 Å². The minimum Gasteiger partial charge on any atom is -0.497 e. The van der Waals surface area contributed by atoms with Crippen LogP contribution in [0.25, 0.3) is 16.7 Å². The normalized spacial score (nSPS) is 22.6. The number of anilines is 1. The highest BCUT2D eigenvalue weighted by atomic mass is 16.5. The molecule has 1 aromatic carbocycles. The van der Waals surface area contributed by atoms with Crippen molar-refractivity contribution in [2.45, 2.75) is 82.7 Å². The lowest BCUT2D eigenvalue weighted by Gasteiger charge is -2.32. The zero-order valence-corrected chi connectivity index (χ0v) is 20.6. The Bertz CT molecular complexity index is 1220. The Labute approximate surface area is 205 Å². The number of nitrogens with one attached hydrogen (secondary N) is 2. The maximum Gasteiger partial charge on any atom is 0.223 e. The first-order valence-electron chi connectivity index (χ1n) is 13.1. The molecule has 1 amide bonds. The second-order valence-electron chi connectivity index (χ2n) is 10.4. The van der Waals surface area contributed by atoms with Gasteiger partial charge < -0.3 is 15.4 Å². The molecular formula is C27H34N6O2. The summed E-state index contributed by atoms with van der Waals surface area (Å²) in [4.78, 5) is 22.3. The molecule has 3 saturated carbocycles. The minimum atomic E-state index is 0.256. The van der Waals surface area contributed by atoms with Crippen molar-refractivity contribution >= 4 is 22.8 Å². The largest absolute Gasteiger partial charge is 0.497 e. The van der Waals surface area contributed by atoms with Crippen LogP contribution < -0.4 is 15.4 Å². The second kappa shape index (κ2) is 9.13. The molecule has 0 aliphatic heterocycles. The molecule has 2 aromatic heterocycles. The Morgan fingerprint density at radius 1 is 0.971 bits per heavy atom. The van der Waals surface area contributed by atoms with E-state index in [0.29, 0.717) is 18.0 Å². The van der Waals surface area contributed by atoms with Crippen LogP contribution in [-0.4, -0.2) is 44.8 Å². The molecule has 3 aromatic rings. The Hall–Kier alpha value is -3.16. The van der Waals surface area contributed by atoms with Gasteiger partial charge in [0.05, 0.1) is 23.9 Å². The van der Waals surface area contributed by atoms with Crippen LogP contribution in [0.2, 0.25) is 0 Å². The highest BCUT2D eigenvalue weighted by Gasteiger charge is 2.31. The summed E-state index contributed by atoms with van der Waals surface area (Å²) in [5.74, 6) is 3.59. The van der Waals surface area contributed by atoms with Gasteiger partial charge in [-0.15, -0.1) is 0 Å². The van der Waals surface area contributed by atoms with Crippen LogP contribution in [0, 0.1) is 12.8 Å². The van der Waals surface area contributed by atoms with Gasteiger partial charge in [-0.2, -0.15) is 5.10 Å². The molecule has 2 heterocycles. The summed E-state index contributed by atoms with van der Waals surface area (Å²) in [6.45, 7) is 2.03. The summed E-state index contributed by atoms with van der Waals surface area (Å²) < 4.78 is 7.25. The lowest BCUT2D eigenvalue weighted by atomic mass is 9.84. The Balaban J connectivity index is 1.23. The number of nitrogens with zero attached hydrogens (tertiary/aromatic N) is 4. The van der Waals surface area contributed by atoms with E-state index in [4.69, 9.17) is 19.8 Å². The molecule has 3 fully saturated rings. The lowest BCUT2D eigenvalue weighted by Crippen LogP contribution is -2.44. The summed E-state index contributed by atoms with van der Waals surface area (Å²) in [6.07, 6.45) is 9.64. The zero-order valence-electron chi connectivity index (χ0n) is 20.6. The van der Waals surface area contributed by atoms with E-state index in [1.165, 1.54) is 6.42 Å². The molecule has 0 atom stereocenters. The van der Waals surface area contributed by atoms with E-state index < -0.39 is 0 Å². The van der Waals surface area contributed by atoms with Crippen LogP contribution in [0.5, 0.6) is 5.75 Å². The third-order valence-electron chi connectivity index (χ3n) is 7.87. The van der Waals surface area contributed by atoms with E-state index >= 15 is 0 Å². The van der Waals surface area contributed by atoms with Gasteiger partial charge in [-0.05, 0) is 82.6 Å². The Kier molecular flexibility index (Phi) is 5.82. The summed E-state index contributed by atoms with van der Waals surface area (Å²) in [5.41, 5.74) is 2.73. The number of methoxy groups -OCH3 is 1. The maximum absolute atomic E-state index is 12.4. The summed E-state index contributed by atoms with van der Waals surface area (Å²) in [5, 5.41) is 12.9. The molecule has 8 nitrogen and oxygen atoms in total. The number of fused-ring (bicyclic) bond motifs is 1. The summed E-state index contributed by atoms with van der Waals surface area (Å²) >= 11 is 0. The standard InChI is InChI=1S/C27H34N6O2/c1-16-23-25(28-19-8-10-20(11-9-19)29-27(34)18-4-3-5-18)30-24(17-6-7-17)31-26(23)33(32-16)21-12-14-22(35-2)15-13-21/h12-15,17-20H,3-11H2,1-2H3,(H,29,34)(H,28,30,31). The van der Waals surface area contributed by atoms with E-state index in [1.54, 1.807) is 7.11 Å². The number of hydrogen-bond acceptors (Lipinski definition) is 6.